The van der Waals surface area contributed by atoms with Gasteiger partial charge in [-0.2, -0.15) is 13.2 Å². The number of nitrogens with one attached hydrogen (secondary N) is 1. The van der Waals surface area contributed by atoms with E-state index in [1.54, 1.807) is 18.2 Å². The number of alkyl halides is 3. The van der Waals surface area contributed by atoms with Crippen molar-refractivity contribution in [1.82, 2.24) is 0 Å². The van der Waals surface area contributed by atoms with Crippen molar-refractivity contribution in [3.63, 3.8) is 0 Å². The van der Waals surface area contributed by atoms with Crippen LogP contribution in [0.1, 0.15) is 35.1 Å². The van der Waals surface area contributed by atoms with E-state index in [0.29, 0.717) is 18.1 Å². The summed E-state index contributed by atoms with van der Waals surface area (Å²) < 4.78 is 41.2. The molecule has 0 fully saturated rings. The van der Waals surface area contributed by atoms with Crippen LogP contribution in [0.25, 0.3) is 0 Å². The van der Waals surface area contributed by atoms with Gasteiger partial charge in [-0.15, -0.1) is 0 Å². The van der Waals surface area contributed by atoms with Gasteiger partial charge < -0.3 is 15.8 Å². The number of aryl methyl sites for hydroxylation is 1. The first-order chi connectivity index (χ1) is 13.4. The number of guanidine groups is 1. The summed E-state index contributed by atoms with van der Waals surface area (Å²) in [6, 6.07) is 13.3. The second kappa shape index (κ2) is 9.10. The number of anilines is 1. The molecule has 0 bridgehead atoms. The molecule has 0 amide bonds. The van der Waals surface area contributed by atoms with E-state index in [1.165, 1.54) is 24.0 Å². The van der Waals surface area contributed by atoms with Crippen LogP contribution in [-0.2, 0) is 30.7 Å². The fourth-order valence-corrected chi connectivity index (χ4v) is 3.35. The van der Waals surface area contributed by atoms with Crippen molar-refractivity contribution in [3.8, 4) is 0 Å². The number of hydrogen-bond acceptors (Lipinski definition) is 2. The quantitative estimate of drug-likeness (QED) is 0.560. The van der Waals surface area contributed by atoms with Gasteiger partial charge in [0.1, 0.15) is 6.61 Å². The zero-order chi connectivity index (χ0) is 20.0. The minimum atomic E-state index is -4.32. The Morgan fingerprint density at radius 1 is 1.07 bits per heavy atom. The van der Waals surface area contributed by atoms with Crippen LogP contribution in [0, 0.1) is 0 Å². The fourth-order valence-electron chi connectivity index (χ4n) is 3.35. The standard InChI is InChI=1S/C21H24F3N3O/c22-21(23,24)14-28-13-16-6-3-5-15(11-16)12-26-20(25)27-19-10-4-8-17-7-1-2-9-18(17)19/h3-6,8,10-11H,1-2,7,9,12-14H2,(H3,25,26,27). The number of halogens is 3. The summed E-state index contributed by atoms with van der Waals surface area (Å²) in [5.74, 6) is 0.317. The number of nitrogens with two attached hydrogens (primary N) is 1. The molecule has 0 saturated carbocycles. The zero-order valence-corrected chi connectivity index (χ0v) is 15.6. The molecular formula is C21H24F3N3O. The summed E-state index contributed by atoms with van der Waals surface area (Å²) in [4.78, 5) is 4.36. The van der Waals surface area contributed by atoms with Gasteiger partial charge in [0.25, 0.3) is 0 Å². The van der Waals surface area contributed by atoms with E-state index < -0.39 is 12.8 Å². The molecule has 28 heavy (non-hydrogen) atoms. The Labute approximate surface area is 162 Å². The molecule has 0 unspecified atom stereocenters. The topological polar surface area (TPSA) is 59.6 Å². The largest absolute Gasteiger partial charge is 0.411 e. The molecule has 2 aromatic rings. The maximum Gasteiger partial charge on any atom is 0.411 e. The van der Waals surface area contributed by atoms with Gasteiger partial charge in [-0.05, 0) is 54.0 Å². The molecule has 0 aliphatic heterocycles. The van der Waals surface area contributed by atoms with Crippen LogP contribution < -0.4 is 11.1 Å². The summed E-state index contributed by atoms with van der Waals surface area (Å²) in [6.45, 7) is -1.02. The Morgan fingerprint density at radius 3 is 2.64 bits per heavy atom. The van der Waals surface area contributed by atoms with E-state index in [-0.39, 0.29) is 6.61 Å². The van der Waals surface area contributed by atoms with Crippen molar-refractivity contribution in [2.75, 3.05) is 11.9 Å². The Hall–Kier alpha value is -2.54. The normalized spacial score (nSPS) is 14.6. The zero-order valence-electron chi connectivity index (χ0n) is 15.6. The SMILES string of the molecule is NC(=NCc1cccc(COCC(F)(F)F)c1)Nc1cccc2c1CCCC2. The number of ether oxygens (including phenoxy) is 1. The summed E-state index contributed by atoms with van der Waals surface area (Å²) >= 11 is 0. The number of benzene rings is 2. The Balaban J connectivity index is 1.58. The minimum absolute atomic E-state index is 0.0963. The van der Waals surface area contributed by atoms with E-state index >= 15 is 0 Å². The lowest BCUT2D eigenvalue weighted by molar-refractivity contribution is -0.176. The van der Waals surface area contributed by atoms with E-state index in [0.717, 1.165) is 24.1 Å². The van der Waals surface area contributed by atoms with Gasteiger partial charge in [0, 0.05) is 5.69 Å². The molecule has 3 N–H and O–H groups in total. The van der Waals surface area contributed by atoms with Crippen molar-refractivity contribution < 1.29 is 17.9 Å². The molecule has 4 nitrogen and oxygen atoms in total. The third-order valence-corrected chi connectivity index (χ3v) is 4.62. The molecule has 0 heterocycles. The van der Waals surface area contributed by atoms with E-state index in [1.807, 2.05) is 18.2 Å². The van der Waals surface area contributed by atoms with Crippen molar-refractivity contribution in [1.29, 1.82) is 0 Å². The van der Waals surface area contributed by atoms with E-state index in [9.17, 15) is 13.2 Å². The van der Waals surface area contributed by atoms with Gasteiger partial charge in [0.2, 0.25) is 0 Å². The molecule has 0 spiro atoms. The van der Waals surface area contributed by atoms with Gasteiger partial charge in [-0.1, -0.05) is 36.4 Å². The third-order valence-electron chi connectivity index (χ3n) is 4.62. The predicted molar refractivity (Wildman–Crippen MR) is 104 cm³/mol. The molecule has 2 aromatic carbocycles. The van der Waals surface area contributed by atoms with Crippen LogP contribution in [0.4, 0.5) is 18.9 Å². The second-order valence-electron chi connectivity index (χ2n) is 6.90. The van der Waals surface area contributed by atoms with Crippen LogP contribution in [0.2, 0.25) is 0 Å². The number of fused-ring (bicyclic) bond motifs is 1. The van der Waals surface area contributed by atoms with Crippen molar-refractivity contribution in [2.24, 2.45) is 10.7 Å². The molecule has 0 saturated heterocycles. The van der Waals surface area contributed by atoms with Crippen LogP contribution >= 0.6 is 0 Å². The number of hydrogen-bond donors (Lipinski definition) is 2. The highest BCUT2D eigenvalue weighted by Gasteiger charge is 2.27. The molecule has 3 rings (SSSR count). The van der Waals surface area contributed by atoms with Crippen LogP contribution in [0.5, 0.6) is 0 Å². The Kier molecular flexibility index (Phi) is 6.57. The second-order valence-corrected chi connectivity index (χ2v) is 6.90. The van der Waals surface area contributed by atoms with Crippen LogP contribution in [-0.4, -0.2) is 18.7 Å². The molecule has 7 heteroatoms. The molecule has 1 aliphatic carbocycles. The lowest BCUT2D eigenvalue weighted by Gasteiger charge is -2.19. The first-order valence-corrected chi connectivity index (χ1v) is 9.31. The summed E-state index contributed by atoms with van der Waals surface area (Å²) in [5, 5.41) is 3.18. The number of nitrogens with zero attached hydrogens (tertiary/aromatic N) is 1. The van der Waals surface area contributed by atoms with Crippen molar-refractivity contribution >= 4 is 11.6 Å². The molecule has 0 radical (unpaired) electrons. The number of rotatable bonds is 6. The summed E-state index contributed by atoms with van der Waals surface area (Å²) in [7, 11) is 0. The average Bonchev–Trinajstić information content (AvgIpc) is 2.66. The first-order valence-electron chi connectivity index (χ1n) is 9.31. The molecule has 1 aliphatic rings. The van der Waals surface area contributed by atoms with Crippen LogP contribution in [0.15, 0.2) is 47.5 Å². The van der Waals surface area contributed by atoms with Gasteiger partial charge >= 0.3 is 6.18 Å². The maximum atomic E-state index is 12.2. The third kappa shape index (κ3) is 5.99. The lowest BCUT2D eigenvalue weighted by atomic mass is 9.90. The maximum absolute atomic E-state index is 12.2. The first kappa shape index (κ1) is 20.2. The smallest absolute Gasteiger partial charge is 0.370 e. The summed E-state index contributed by atoms with van der Waals surface area (Å²) in [6.07, 6.45) is 0.185. The van der Waals surface area contributed by atoms with Gasteiger partial charge in [0.15, 0.2) is 5.96 Å². The van der Waals surface area contributed by atoms with Gasteiger partial charge in [-0.25, -0.2) is 4.99 Å². The number of aliphatic imine (C=N–C) groups is 1. The Bertz CT molecular complexity index is 834. The van der Waals surface area contributed by atoms with Crippen molar-refractivity contribution in [3.05, 3.63) is 64.7 Å². The minimum Gasteiger partial charge on any atom is -0.370 e. The highest BCUT2D eigenvalue weighted by atomic mass is 19.4. The molecule has 150 valence electrons. The molecule has 0 atom stereocenters. The highest BCUT2D eigenvalue weighted by Crippen LogP contribution is 2.27. The van der Waals surface area contributed by atoms with Crippen LogP contribution in [0.3, 0.4) is 0 Å². The Morgan fingerprint density at radius 2 is 1.82 bits per heavy atom. The lowest BCUT2D eigenvalue weighted by Crippen LogP contribution is -2.24. The molecule has 0 aromatic heterocycles. The predicted octanol–water partition coefficient (Wildman–Crippen LogP) is 4.57. The monoisotopic (exact) mass is 391 g/mol. The van der Waals surface area contributed by atoms with Gasteiger partial charge in [-0.3, -0.25) is 0 Å². The fraction of sp³-hybridized carbons (Fsp3) is 0.381. The molecular weight excluding hydrogens is 367 g/mol. The average molecular weight is 391 g/mol. The van der Waals surface area contributed by atoms with Crippen molar-refractivity contribution in [2.45, 2.75) is 45.0 Å². The van der Waals surface area contributed by atoms with E-state index in [4.69, 9.17) is 10.5 Å². The highest BCUT2D eigenvalue weighted by molar-refractivity contribution is 5.93. The van der Waals surface area contributed by atoms with Gasteiger partial charge in [0.05, 0.1) is 13.2 Å². The summed E-state index contributed by atoms with van der Waals surface area (Å²) in [5.41, 5.74) is 11.2. The van der Waals surface area contributed by atoms with E-state index in [2.05, 4.69) is 16.4 Å².